The lowest BCUT2D eigenvalue weighted by molar-refractivity contribution is -0.125. The molecule has 3 aliphatic heterocycles. The number of fused-ring (bicyclic) bond motifs is 4. The van der Waals surface area contributed by atoms with E-state index in [4.69, 9.17) is 21.4 Å². The van der Waals surface area contributed by atoms with E-state index in [2.05, 4.69) is 19.8 Å². The number of hydrogen-bond donors (Lipinski definition) is 0. The summed E-state index contributed by atoms with van der Waals surface area (Å²) in [7, 11) is 0. The Morgan fingerprint density at radius 2 is 1.89 bits per heavy atom. The number of benzene rings is 2. The van der Waals surface area contributed by atoms with E-state index >= 15 is 0 Å². The van der Waals surface area contributed by atoms with Gasteiger partial charge in [-0.1, -0.05) is 17.7 Å². The van der Waals surface area contributed by atoms with Crippen molar-refractivity contribution in [3.8, 4) is 0 Å². The molecular formula is C28H27ClN6O3. The van der Waals surface area contributed by atoms with Gasteiger partial charge in [0, 0.05) is 42.7 Å². The molecule has 194 valence electrons. The standard InChI is InChI=1S/C28H27ClN6O3/c1-3-38-25(36)19-6-9-22(10-7-19)35-26(37)28(18(2)32-35)16-20-5-8-21(29)15-23(20)34-14-13-33(17-24(28)34)27-30-11-4-12-31-27/h4-12,15,24H,3,13-14,16-17H2,1-2H3. The van der Waals surface area contributed by atoms with Crippen molar-refractivity contribution in [2.24, 2.45) is 10.5 Å². The first-order valence-electron chi connectivity index (χ1n) is 12.7. The summed E-state index contributed by atoms with van der Waals surface area (Å²) in [4.78, 5) is 39.9. The molecule has 4 heterocycles. The highest BCUT2D eigenvalue weighted by atomic mass is 35.5. The average molecular weight is 531 g/mol. The summed E-state index contributed by atoms with van der Waals surface area (Å²) in [6.45, 7) is 5.96. The number of ether oxygens (including phenoxy) is 1. The SMILES string of the molecule is CCOC(=O)c1ccc(N2N=C(C)C3(Cc4ccc(Cl)cc4N4CCN(c5ncccn5)CC43)C2=O)cc1. The van der Waals surface area contributed by atoms with Gasteiger partial charge in [-0.2, -0.15) is 10.1 Å². The van der Waals surface area contributed by atoms with Gasteiger partial charge in [-0.05, 0) is 68.3 Å². The molecule has 9 nitrogen and oxygen atoms in total. The molecule has 0 radical (unpaired) electrons. The molecule has 0 aliphatic carbocycles. The van der Waals surface area contributed by atoms with Crippen LogP contribution in [0.5, 0.6) is 0 Å². The fourth-order valence-electron chi connectivity index (χ4n) is 5.85. The summed E-state index contributed by atoms with van der Waals surface area (Å²) in [5.41, 5.74) is 3.03. The van der Waals surface area contributed by atoms with Crippen molar-refractivity contribution in [1.82, 2.24) is 9.97 Å². The molecule has 2 unspecified atom stereocenters. The van der Waals surface area contributed by atoms with Crippen molar-refractivity contribution < 1.29 is 14.3 Å². The summed E-state index contributed by atoms with van der Waals surface area (Å²) in [6, 6.07) is 14.3. The average Bonchev–Trinajstić information content (AvgIpc) is 3.19. The van der Waals surface area contributed by atoms with Gasteiger partial charge in [-0.25, -0.2) is 14.8 Å². The van der Waals surface area contributed by atoms with Gasteiger partial charge in [-0.15, -0.1) is 0 Å². The van der Waals surface area contributed by atoms with Crippen molar-refractivity contribution in [1.29, 1.82) is 0 Å². The van der Waals surface area contributed by atoms with Crippen LogP contribution in [0.1, 0.15) is 29.8 Å². The highest BCUT2D eigenvalue weighted by molar-refractivity contribution is 6.31. The first-order valence-corrected chi connectivity index (χ1v) is 13.0. The predicted molar refractivity (Wildman–Crippen MR) is 146 cm³/mol. The molecule has 0 bridgehead atoms. The number of esters is 1. The summed E-state index contributed by atoms with van der Waals surface area (Å²) in [6.07, 6.45) is 3.97. The molecule has 1 saturated heterocycles. The van der Waals surface area contributed by atoms with Crippen LogP contribution in [0.4, 0.5) is 17.3 Å². The number of rotatable bonds is 4. The van der Waals surface area contributed by atoms with Gasteiger partial charge in [0.15, 0.2) is 0 Å². The number of amides is 1. The van der Waals surface area contributed by atoms with Crippen molar-refractivity contribution >= 4 is 46.5 Å². The Kier molecular flexibility index (Phi) is 6.03. The Morgan fingerprint density at radius 3 is 2.63 bits per heavy atom. The maximum Gasteiger partial charge on any atom is 0.338 e. The van der Waals surface area contributed by atoms with Gasteiger partial charge in [-0.3, -0.25) is 4.79 Å². The van der Waals surface area contributed by atoms with Crippen LogP contribution in [0, 0.1) is 5.41 Å². The van der Waals surface area contributed by atoms with Gasteiger partial charge in [0.05, 0.1) is 29.6 Å². The van der Waals surface area contributed by atoms with Crippen LogP contribution in [0.25, 0.3) is 0 Å². The van der Waals surface area contributed by atoms with Crippen molar-refractivity contribution in [3.63, 3.8) is 0 Å². The Morgan fingerprint density at radius 1 is 1.13 bits per heavy atom. The number of nitrogens with zero attached hydrogens (tertiary/aromatic N) is 6. The Balaban J connectivity index is 1.39. The van der Waals surface area contributed by atoms with Crippen LogP contribution in [0.15, 0.2) is 66.0 Å². The van der Waals surface area contributed by atoms with Crippen LogP contribution in [-0.2, 0) is 16.0 Å². The monoisotopic (exact) mass is 530 g/mol. The second kappa shape index (κ2) is 9.40. The molecule has 10 heteroatoms. The number of piperazine rings is 1. The van der Waals surface area contributed by atoms with Crippen LogP contribution in [0.3, 0.4) is 0 Å². The molecule has 0 saturated carbocycles. The molecule has 3 aliphatic rings. The third-order valence-electron chi connectivity index (χ3n) is 7.70. The van der Waals surface area contributed by atoms with Gasteiger partial charge < -0.3 is 14.5 Å². The minimum atomic E-state index is -0.881. The van der Waals surface area contributed by atoms with E-state index in [1.54, 1.807) is 49.6 Å². The normalized spacial score (nSPS) is 22.3. The third-order valence-corrected chi connectivity index (χ3v) is 7.94. The molecule has 0 N–H and O–H groups in total. The van der Waals surface area contributed by atoms with Crippen LogP contribution in [0.2, 0.25) is 5.02 Å². The zero-order valence-electron chi connectivity index (χ0n) is 21.2. The number of carbonyl (C=O) groups excluding carboxylic acids is 2. The molecule has 1 fully saturated rings. The Hall–Kier alpha value is -3.98. The number of aromatic nitrogens is 2. The van der Waals surface area contributed by atoms with Crippen LogP contribution < -0.4 is 14.8 Å². The molecule has 1 spiro atoms. The van der Waals surface area contributed by atoms with Gasteiger partial charge in [0.25, 0.3) is 5.91 Å². The van der Waals surface area contributed by atoms with Gasteiger partial charge in [0.1, 0.15) is 5.41 Å². The fraction of sp³-hybridized carbons (Fsp3) is 0.321. The zero-order valence-corrected chi connectivity index (χ0v) is 21.9. The fourth-order valence-corrected chi connectivity index (χ4v) is 6.01. The summed E-state index contributed by atoms with van der Waals surface area (Å²) >= 11 is 6.41. The molecule has 2 aromatic carbocycles. The van der Waals surface area contributed by atoms with E-state index in [1.165, 1.54) is 5.01 Å². The largest absolute Gasteiger partial charge is 0.462 e. The van der Waals surface area contributed by atoms with Gasteiger partial charge in [0.2, 0.25) is 5.95 Å². The van der Waals surface area contributed by atoms with E-state index in [0.29, 0.717) is 54.9 Å². The third kappa shape index (κ3) is 3.80. The Bertz CT molecular complexity index is 1430. The predicted octanol–water partition coefficient (Wildman–Crippen LogP) is 3.97. The first-order chi connectivity index (χ1) is 18.4. The van der Waals surface area contributed by atoms with E-state index < -0.39 is 11.4 Å². The quantitative estimate of drug-likeness (QED) is 0.471. The molecular weight excluding hydrogens is 504 g/mol. The smallest absolute Gasteiger partial charge is 0.338 e. The number of halogens is 1. The Labute approximate surface area is 225 Å². The van der Waals surface area contributed by atoms with Crippen LogP contribution in [-0.4, -0.2) is 59.8 Å². The summed E-state index contributed by atoms with van der Waals surface area (Å²) in [5.74, 6) is 0.155. The zero-order chi connectivity index (χ0) is 26.4. The second-order valence-electron chi connectivity index (χ2n) is 9.69. The topological polar surface area (TPSA) is 91.2 Å². The lowest BCUT2D eigenvalue weighted by atomic mass is 9.67. The number of anilines is 3. The second-order valence-corrected chi connectivity index (χ2v) is 10.1. The number of carbonyl (C=O) groups is 2. The molecule has 1 aromatic heterocycles. The number of hydrogen-bond acceptors (Lipinski definition) is 8. The maximum atomic E-state index is 14.4. The van der Waals surface area contributed by atoms with Crippen LogP contribution >= 0.6 is 11.6 Å². The molecule has 1 amide bonds. The minimum Gasteiger partial charge on any atom is -0.462 e. The van der Waals surface area contributed by atoms with E-state index in [1.807, 2.05) is 25.1 Å². The summed E-state index contributed by atoms with van der Waals surface area (Å²) < 4.78 is 5.09. The molecule has 3 aromatic rings. The highest BCUT2D eigenvalue weighted by Gasteiger charge is 2.60. The van der Waals surface area contributed by atoms with Crippen molar-refractivity contribution in [3.05, 3.63) is 77.1 Å². The highest BCUT2D eigenvalue weighted by Crippen LogP contribution is 2.48. The maximum absolute atomic E-state index is 14.4. The van der Waals surface area contributed by atoms with E-state index in [0.717, 1.165) is 17.0 Å². The van der Waals surface area contributed by atoms with E-state index in [-0.39, 0.29) is 11.9 Å². The molecule has 2 atom stereocenters. The lowest BCUT2D eigenvalue weighted by Gasteiger charge is -2.53. The minimum absolute atomic E-state index is 0.0923. The molecule has 38 heavy (non-hydrogen) atoms. The summed E-state index contributed by atoms with van der Waals surface area (Å²) in [5, 5.41) is 6.93. The van der Waals surface area contributed by atoms with Gasteiger partial charge >= 0.3 is 5.97 Å². The van der Waals surface area contributed by atoms with E-state index in [9.17, 15) is 9.59 Å². The first kappa shape index (κ1) is 24.4. The number of hydrazone groups is 1. The lowest BCUT2D eigenvalue weighted by Crippen LogP contribution is -2.67. The van der Waals surface area contributed by atoms with Crippen molar-refractivity contribution in [2.45, 2.75) is 26.3 Å². The van der Waals surface area contributed by atoms with Crippen molar-refractivity contribution in [2.75, 3.05) is 41.0 Å². The molecule has 6 rings (SSSR count).